The average Bonchev–Trinajstić information content (AvgIpc) is 1.67. The van der Waals surface area contributed by atoms with Crippen molar-refractivity contribution >= 4 is 165 Å². The number of fused-ring (bicyclic) bond motifs is 21. The molecule has 0 aliphatic carbocycles. The summed E-state index contributed by atoms with van der Waals surface area (Å²) >= 11 is 0. The Kier molecular flexibility index (Phi) is 10.1. The molecule has 87 heavy (non-hydrogen) atoms. The van der Waals surface area contributed by atoms with Crippen LogP contribution in [0.25, 0.3) is 153 Å². The maximum Gasteiger partial charge on any atom is 0.159 e. The van der Waals surface area contributed by atoms with E-state index in [4.69, 9.17) is 22.1 Å². The van der Waals surface area contributed by atoms with E-state index in [-0.39, 0.29) is 0 Å². The average molecular weight is 1120 g/mol. The summed E-state index contributed by atoms with van der Waals surface area (Å²) in [6, 6.07) is 98.3. The van der Waals surface area contributed by atoms with Gasteiger partial charge in [0.1, 0.15) is 44.7 Å². The predicted octanol–water partition coefficient (Wildman–Crippen LogP) is 23.8. The normalized spacial score (nSPS) is 12.1. The molecule has 0 radical (unpaired) electrons. The van der Waals surface area contributed by atoms with Crippen LogP contribution in [-0.4, -0.2) is 0 Å². The summed E-state index contributed by atoms with van der Waals surface area (Å²) in [5, 5.41) is 14.6. The van der Waals surface area contributed by atoms with Gasteiger partial charge in [0.2, 0.25) is 0 Å². The second kappa shape index (κ2) is 18.3. The lowest BCUT2D eigenvalue weighted by molar-refractivity contribution is 0.663. The molecule has 0 bridgehead atoms. The van der Waals surface area contributed by atoms with E-state index >= 15 is 0 Å². The molecule has 7 heteroatoms. The Bertz CT molecular complexity index is 6020. The SMILES string of the molecule is c1ccc(-c2ccc(N(c3cccc(-c4cccc5c4ccc4c6ccc7oc8c(N(c9ccccc9)c9ccc%10c(c9)oc9ccccc9%10)cccc8c7c6oc54)c3)c3cccc4c3oc3ccc5c6ccc7ccccc7c6oc5c34)cc2)cc1. The van der Waals surface area contributed by atoms with Crippen molar-refractivity contribution in [3.05, 3.63) is 279 Å². The Morgan fingerprint density at radius 2 is 0.667 bits per heavy atom. The van der Waals surface area contributed by atoms with Crippen molar-refractivity contribution in [2.45, 2.75) is 0 Å². The lowest BCUT2D eigenvalue weighted by atomic mass is 9.96. The number of hydrogen-bond donors (Lipinski definition) is 0. The molecule has 406 valence electrons. The third kappa shape index (κ3) is 7.11. The lowest BCUT2D eigenvalue weighted by Gasteiger charge is -2.26. The number of furan rings is 5. The van der Waals surface area contributed by atoms with Crippen LogP contribution >= 0.6 is 0 Å². The van der Waals surface area contributed by atoms with Gasteiger partial charge in [-0.2, -0.15) is 0 Å². The van der Waals surface area contributed by atoms with Gasteiger partial charge in [-0.05, 0) is 136 Å². The second-order valence-corrected chi connectivity index (χ2v) is 22.6. The molecule has 0 N–H and O–H groups in total. The quantitative estimate of drug-likeness (QED) is 0.150. The third-order valence-corrected chi connectivity index (χ3v) is 17.8. The Morgan fingerprint density at radius 3 is 1.39 bits per heavy atom. The number of nitrogens with zero attached hydrogens (tertiary/aromatic N) is 2. The summed E-state index contributed by atoms with van der Waals surface area (Å²) in [6.07, 6.45) is 0. The van der Waals surface area contributed by atoms with Gasteiger partial charge in [0.05, 0.1) is 27.8 Å². The van der Waals surface area contributed by atoms with Crippen molar-refractivity contribution in [1.82, 2.24) is 0 Å². The van der Waals surface area contributed by atoms with Gasteiger partial charge in [-0.1, -0.05) is 170 Å². The number of benzene rings is 14. The Hall–Kier alpha value is -11.8. The number of rotatable bonds is 8. The van der Waals surface area contributed by atoms with Gasteiger partial charge in [0.15, 0.2) is 11.2 Å². The molecule has 0 aliphatic rings. The highest BCUT2D eigenvalue weighted by Crippen LogP contribution is 2.50. The van der Waals surface area contributed by atoms with E-state index in [1.165, 1.54) is 0 Å². The van der Waals surface area contributed by atoms with Gasteiger partial charge in [0.25, 0.3) is 0 Å². The maximum atomic E-state index is 7.22. The minimum atomic E-state index is 0.751. The van der Waals surface area contributed by atoms with E-state index in [2.05, 4.69) is 271 Å². The van der Waals surface area contributed by atoms with Gasteiger partial charge < -0.3 is 31.9 Å². The van der Waals surface area contributed by atoms with Crippen LogP contribution in [0.2, 0.25) is 0 Å². The molecule has 0 saturated carbocycles. The van der Waals surface area contributed by atoms with Crippen LogP contribution in [0.1, 0.15) is 0 Å². The fourth-order valence-corrected chi connectivity index (χ4v) is 13.9. The highest BCUT2D eigenvalue weighted by molar-refractivity contribution is 6.28. The van der Waals surface area contributed by atoms with E-state index in [9.17, 15) is 0 Å². The molecule has 0 saturated heterocycles. The van der Waals surface area contributed by atoms with Gasteiger partial charge >= 0.3 is 0 Å². The van der Waals surface area contributed by atoms with Crippen LogP contribution in [-0.2, 0) is 0 Å². The third-order valence-electron chi connectivity index (χ3n) is 17.8. The van der Waals surface area contributed by atoms with Crippen molar-refractivity contribution in [2.75, 3.05) is 9.80 Å². The Morgan fingerprint density at radius 1 is 0.207 bits per heavy atom. The minimum Gasteiger partial charge on any atom is -0.456 e. The predicted molar refractivity (Wildman–Crippen MR) is 358 cm³/mol. The highest BCUT2D eigenvalue weighted by atomic mass is 16.4. The largest absolute Gasteiger partial charge is 0.456 e. The molecule has 14 aromatic carbocycles. The van der Waals surface area contributed by atoms with E-state index in [0.29, 0.717) is 0 Å². The summed E-state index contributed by atoms with van der Waals surface area (Å²) in [5.41, 5.74) is 18.2. The highest BCUT2D eigenvalue weighted by Gasteiger charge is 2.26. The molecular formula is C80H46N2O5. The molecule has 0 atom stereocenters. The molecule has 19 rings (SSSR count). The molecule has 0 amide bonds. The molecule has 19 aromatic rings. The van der Waals surface area contributed by atoms with Crippen LogP contribution in [0.4, 0.5) is 34.1 Å². The Balaban J connectivity index is 0.753. The number of hydrogen-bond acceptors (Lipinski definition) is 7. The molecule has 0 fully saturated rings. The monoisotopic (exact) mass is 1110 g/mol. The molecular weight excluding hydrogens is 1070 g/mol. The first-order valence-corrected chi connectivity index (χ1v) is 29.4. The zero-order chi connectivity index (χ0) is 56.8. The van der Waals surface area contributed by atoms with Crippen molar-refractivity contribution < 1.29 is 22.1 Å². The van der Waals surface area contributed by atoms with Crippen molar-refractivity contribution in [2.24, 2.45) is 0 Å². The summed E-state index contributed by atoms with van der Waals surface area (Å²) in [5.74, 6) is 0. The number of para-hydroxylation sites is 4. The smallest absolute Gasteiger partial charge is 0.159 e. The first-order chi connectivity index (χ1) is 43.1. The Labute approximate surface area is 495 Å². The van der Waals surface area contributed by atoms with E-state index in [0.717, 1.165) is 188 Å². The van der Waals surface area contributed by atoms with Gasteiger partial charge in [0, 0.05) is 77.0 Å². The first kappa shape index (κ1) is 47.7. The second-order valence-electron chi connectivity index (χ2n) is 22.6. The van der Waals surface area contributed by atoms with E-state index in [1.807, 2.05) is 18.2 Å². The van der Waals surface area contributed by atoms with Crippen molar-refractivity contribution in [3.63, 3.8) is 0 Å². The van der Waals surface area contributed by atoms with Crippen LogP contribution in [0.5, 0.6) is 0 Å². The molecule has 5 heterocycles. The van der Waals surface area contributed by atoms with Gasteiger partial charge in [-0.15, -0.1) is 0 Å². The minimum absolute atomic E-state index is 0.751. The summed E-state index contributed by atoms with van der Waals surface area (Å²) in [4.78, 5) is 4.57. The fourth-order valence-electron chi connectivity index (χ4n) is 13.9. The maximum absolute atomic E-state index is 7.22. The number of anilines is 6. The molecule has 7 nitrogen and oxygen atoms in total. The van der Waals surface area contributed by atoms with Crippen molar-refractivity contribution in [1.29, 1.82) is 0 Å². The van der Waals surface area contributed by atoms with Crippen LogP contribution in [0, 0.1) is 0 Å². The zero-order valence-corrected chi connectivity index (χ0v) is 46.5. The molecule has 5 aromatic heterocycles. The van der Waals surface area contributed by atoms with Crippen LogP contribution < -0.4 is 9.80 Å². The standard InChI is InChI=1S/C80H46N2O5/c1-3-15-47(16-4-1)48-31-34-52(35-32-48)82(68-29-14-27-65-73-70(85-78(65)68)43-41-63-61-37-33-49-17-7-8-22-56(49)75(61)86-79(63)73)53-21-11-18-50(45-53)55-24-12-25-60-57(55)39-40-62-64-42-44-71-74(80(64)87-76(60)62)66-26-13-28-67(77(66)84-71)81(51-19-5-2-6-20-51)54-36-38-59-58-23-9-10-30-69(58)83-72(59)46-54/h1-46H. The van der Waals surface area contributed by atoms with Crippen LogP contribution in [0.3, 0.4) is 0 Å². The van der Waals surface area contributed by atoms with Crippen molar-refractivity contribution in [3.8, 4) is 22.3 Å². The summed E-state index contributed by atoms with van der Waals surface area (Å²) in [6.45, 7) is 0. The fraction of sp³-hybridized carbons (Fsp3) is 0. The molecule has 0 unspecified atom stereocenters. The van der Waals surface area contributed by atoms with E-state index in [1.54, 1.807) is 0 Å². The lowest BCUT2D eigenvalue weighted by Crippen LogP contribution is -2.10. The molecule has 0 aliphatic heterocycles. The van der Waals surface area contributed by atoms with E-state index < -0.39 is 0 Å². The van der Waals surface area contributed by atoms with Gasteiger partial charge in [-0.25, -0.2) is 0 Å². The topological polar surface area (TPSA) is 72.2 Å². The summed E-state index contributed by atoms with van der Waals surface area (Å²) < 4.78 is 34.6. The summed E-state index contributed by atoms with van der Waals surface area (Å²) in [7, 11) is 0. The van der Waals surface area contributed by atoms with Crippen LogP contribution in [0.15, 0.2) is 301 Å². The first-order valence-electron chi connectivity index (χ1n) is 29.4. The van der Waals surface area contributed by atoms with Gasteiger partial charge in [-0.3, -0.25) is 0 Å². The zero-order valence-electron chi connectivity index (χ0n) is 46.5. The molecule has 0 spiro atoms.